The van der Waals surface area contributed by atoms with Gasteiger partial charge in [0.15, 0.2) is 5.16 Å². The first-order valence-corrected chi connectivity index (χ1v) is 7.55. The van der Waals surface area contributed by atoms with Crippen LogP contribution >= 0.6 is 11.8 Å². The van der Waals surface area contributed by atoms with Crippen molar-refractivity contribution in [2.24, 2.45) is 20.0 Å². The normalized spacial score (nSPS) is 11.5. The highest BCUT2D eigenvalue weighted by Crippen LogP contribution is 2.29. The van der Waals surface area contributed by atoms with Crippen molar-refractivity contribution in [3.05, 3.63) is 17.6 Å². The smallest absolute Gasteiger partial charge is 0.192 e. The Morgan fingerprint density at radius 3 is 2.65 bits per heavy atom. The lowest BCUT2D eigenvalue weighted by Gasteiger charge is -2.09. The van der Waals surface area contributed by atoms with Crippen LogP contribution in [0.3, 0.4) is 0 Å². The Balaban J connectivity index is 2.17. The van der Waals surface area contributed by atoms with E-state index in [0.717, 1.165) is 29.0 Å². The van der Waals surface area contributed by atoms with E-state index in [1.165, 1.54) is 5.56 Å². The maximum Gasteiger partial charge on any atom is 0.192 e. The van der Waals surface area contributed by atoms with Crippen molar-refractivity contribution >= 4 is 11.8 Å². The molecule has 0 atom stereocenters. The van der Waals surface area contributed by atoms with Crippen molar-refractivity contribution in [1.29, 1.82) is 0 Å². The molecule has 0 radical (unpaired) electrons. The largest absolute Gasteiger partial charge is 0.312 e. The predicted molar refractivity (Wildman–Crippen MR) is 79.6 cm³/mol. The summed E-state index contributed by atoms with van der Waals surface area (Å²) in [5.41, 5.74) is 2.30. The van der Waals surface area contributed by atoms with Crippen LogP contribution < -0.4 is 5.32 Å². The molecule has 2 aromatic rings. The summed E-state index contributed by atoms with van der Waals surface area (Å²) in [6.07, 6.45) is 1.57. The monoisotopic (exact) mass is 294 g/mol. The highest BCUT2D eigenvalue weighted by molar-refractivity contribution is 7.99. The summed E-state index contributed by atoms with van der Waals surface area (Å²) in [4.78, 5) is 4.26. The molecule has 110 valence electrons. The van der Waals surface area contributed by atoms with Gasteiger partial charge in [0.25, 0.3) is 0 Å². The quantitative estimate of drug-likeness (QED) is 0.879. The van der Waals surface area contributed by atoms with E-state index < -0.39 is 0 Å². The molecule has 2 aromatic heterocycles. The topological polar surface area (TPSA) is 60.6 Å². The molecule has 0 aliphatic heterocycles. The van der Waals surface area contributed by atoms with E-state index in [0.29, 0.717) is 5.92 Å². The summed E-state index contributed by atoms with van der Waals surface area (Å²) in [6.45, 7) is 8.30. The van der Waals surface area contributed by atoms with Gasteiger partial charge in [0.1, 0.15) is 11.4 Å². The molecule has 0 saturated carbocycles. The Hall–Kier alpha value is -1.34. The van der Waals surface area contributed by atoms with Gasteiger partial charge in [-0.25, -0.2) is 9.67 Å². The maximum absolute atomic E-state index is 4.52. The Kier molecular flexibility index (Phi) is 4.82. The minimum atomic E-state index is 0.641. The molecule has 0 aliphatic carbocycles. The molecule has 0 bridgehead atoms. The Bertz CT molecular complexity index is 571. The molecule has 2 rings (SSSR count). The average Bonchev–Trinajstić information content (AvgIpc) is 2.87. The van der Waals surface area contributed by atoms with Gasteiger partial charge in [-0.15, -0.1) is 0 Å². The Labute approximate surface area is 124 Å². The van der Waals surface area contributed by atoms with Crippen LogP contribution in [0.15, 0.2) is 16.5 Å². The van der Waals surface area contributed by atoms with Crippen molar-refractivity contribution in [2.75, 3.05) is 6.54 Å². The van der Waals surface area contributed by atoms with Crippen LogP contribution in [0.4, 0.5) is 0 Å². The molecular weight excluding hydrogens is 272 g/mol. The third kappa shape index (κ3) is 3.40. The van der Waals surface area contributed by atoms with Crippen molar-refractivity contribution in [3.8, 4) is 0 Å². The van der Waals surface area contributed by atoms with E-state index in [1.807, 2.05) is 25.7 Å². The predicted octanol–water partition coefficient (Wildman–Crippen LogP) is 1.75. The van der Waals surface area contributed by atoms with Crippen LogP contribution in [-0.2, 0) is 20.6 Å². The zero-order chi connectivity index (χ0) is 14.7. The van der Waals surface area contributed by atoms with E-state index >= 15 is 0 Å². The Morgan fingerprint density at radius 1 is 1.30 bits per heavy atom. The number of rotatable bonds is 6. The molecule has 7 heteroatoms. The highest BCUT2D eigenvalue weighted by atomic mass is 32.2. The van der Waals surface area contributed by atoms with E-state index in [-0.39, 0.29) is 0 Å². The molecule has 0 aromatic carbocycles. The van der Waals surface area contributed by atoms with E-state index in [4.69, 9.17) is 0 Å². The first-order valence-electron chi connectivity index (χ1n) is 6.74. The third-order valence-corrected chi connectivity index (χ3v) is 4.26. The Morgan fingerprint density at radius 2 is 2.05 bits per heavy atom. The first-order chi connectivity index (χ1) is 9.49. The number of nitrogens with zero attached hydrogens (tertiary/aromatic N) is 5. The van der Waals surface area contributed by atoms with Gasteiger partial charge < -0.3 is 5.32 Å². The number of nitrogens with one attached hydrogen (secondary N) is 1. The van der Waals surface area contributed by atoms with Gasteiger partial charge in [0.2, 0.25) is 0 Å². The standard InChI is InChI=1S/C13H22N6S/c1-9(2)6-14-7-11-10(3)17-18(4)12(11)20-13-15-8-16-19(13)5/h8-9,14H,6-7H2,1-5H3. The summed E-state index contributed by atoms with van der Waals surface area (Å²) < 4.78 is 3.69. The highest BCUT2D eigenvalue weighted by Gasteiger charge is 2.16. The molecule has 0 saturated heterocycles. The van der Waals surface area contributed by atoms with Gasteiger partial charge in [-0.2, -0.15) is 10.2 Å². The molecule has 0 spiro atoms. The molecule has 0 fully saturated rings. The van der Waals surface area contributed by atoms with E-state index in [9.17, 15) is 0 Å². The van der Waals surface area contributed by atoms with Crippen LogP contribution in [0, 0.1) is 12.8 Å². The van der Waals surface area contributed by atoms with Crippen LogP contribution in [0.5, 0.6) is 0 Å². The minimum Gasteiger partial charge on any atom is -0.312 e. The van der Waals surface area contributed by atoms with Gasteiger partial charge in [-0.1, -0.05) is 13.8 Å². The van der Waals surface area contributed by atoms with Gasteiger partial charge in [-0.05, 0) is 31.1 Å². The van der Waals surface area contributed by atoms with Crippen LogP contribution in [0.2, 0.25) is 0 Å². The van der Waals surface area contributed by atoms with E-state index in [1.54, 1.807) is 22.8 Å². The molecule has 6 nitrogen and oxygen atoms in total. The van der Waals surface area contributed by atoms with Gasteiger partial charge in [0, 0.05) is 26.2 Å². The van der Waals surface area contributed by atoms with E-state index in [2.05, 4.69) is 34.3 Å². The summed E-state index contributed by atoms with van der Waals surface area (Å²) >= 11 is 1.60. The number of hydrogen-bond acceptors (Lipinski definition) is 5. The fraction of sp³-hybridized carbons (Fsp3) is 0.615. The van der Waals surface area contributed by atoms with Crippen LogP contribution in [0.1, 0.15) is 25.1 Å². The van der Waals surface area contributed by atoms with Crippen molar-refractivity contribution in [3.63, 3.8) is 0 Å². The number of aromatic nitrogens is 5. The zero-order valence-electron chi connectivity index (χ0n) is 12.7. The lowest BCUT2D eigenvalue weighted by Crippen LogP contribution is -2.19. The molecular formula is C13H22N6S. The number of hydrogen-bond donors (Lipinski definition) is 1. The fourth-order valence-corrected chi connectivity index (χ4v) is 2.93. The van der Waals surface area contributed by atoms with Gasteiger partial charge in [-0.3, -0.25) is 4.68 Å². The average molecular weight is 294 g/mol. The summed E-state index contributed by atoms with van der Waals surface area (Å²) in [7, 11) is 3.87. The number of aryl methyl sites for hydroxylation is 3. The molecule has 0 unspecified atom stereocenters. The lowest BCUT2D eigenvalue weighted by molar-refractivity contribution is 0.547. The van der Waals surface area contributed by atoms with Gasteiger partial charge >= 0.3 is 0 Å². The van der Waals surface area contributed by atoms with Crippen molar-refractivity contribution in [1.82, 2.24) is 29.9 Å². The first kappa shape index (κ1) is 15.1. The SMILES string of the molecule is Cc1nn(C)c(Sc2ncnn2C)c1CNCC(C)C. The zero-order valence-corrected chi connectivity index (χ0v) is 13.5. The second-order valence-corrected chi connectivity index (χ2v) is 6.24. The second kappa shape index (κ2) is 6.41. The molecule has 20 heavy (non-hydrogen) atoms. The maximum atomic E-state index is 4.52. The third-order valence-electron chi connectivity index (χ3n) is 3.00. The van der Waals surface area contributed by atoms with Crippen molar-refractivity contribution in [2.45, 2.75) is 37.5 Å². The van der Waals surface area contributed by atoms with Crippen LogP contribution in [0.25, 0.3) is 0 Å². The second-order valence-electron chi connectivity index (χ2n) is 5.29. The molecule has 0 amide bonds. The summed E-state index contributed by atoms with van der Waals surface area (Å²) in [5, 5.41) is 14.1. The molecule has 1 N–H and O–H groups in total. The van der Waals surface area contributed by atoms with Crippen LogP contribution in [-0.4, -0.2) is 31.1 Å². The minimum absolute atomic E-state index is 0.641. The molecule has 0 aliphatic rings. The van der Waals surface area contributed by atoms with Crippen molar-refractivity contribution < 1.29 is 0 Å². The summed E-state index contributed by atoms with van der Waals surface area (Å²) in [6, 6.07) is 0. The molecule has 2 heterocycles. The van der Waals surface area contributed by atoms with Gasteiger partial charge in [0.05, 0.1) is 5.69 Å². The summed E-state index contributed by atoms with van der Waals surface area (Å²) in [5.74, 6) is 0.641. The fourth-order valence-electron chi connectivity index (χ4n) is 1.96. The lowest BCUT2D eigenvalue weighted by atomic mass is 10.2.